The van der Waals surface area contributed by atoms with Crippen LogP contribution in [0.25, 0.3) is 0 Å². The van der Waals surface area contributed by atoms with E-state index in [-0.39, 0.29) is 0 Å². The van der Waals surface area contributed by atoms with Crippen molar-refractivity contribution in [1.82, 2.24) is 4.90 Å². The number of hydrogen-bond acceptors (Lipinski definition) is 3. The zero-order chi connectivity index (χ0) is 9.90. The van der Waals surface area contributed by atoms with Crippen molar-refractivity contribution in [3.05, 3.63) is 0 Å². The van der Waals surface area contributed by atoms with Gasteiger partial charge < -0.3 is 14.1 Å². The average molecular weight is 202 g/mol. The number of hydrogen-bond donors (Lipinski definition) is 1. The fourth-order valence-electron chi connectivity index (χ4n) is 1.12. The van der Waals surface area contributed by atoms with Gasteiger partial charge >= 0.3 is 0 Å². The Balaban J connectivity index is 2.38. The van der Waals surface area contributed by atoms with Crippen molar-refractivity contribution in [3.63, 3.8) is 0 Å². The second-order valence-corrected chi connectivity index (χ2v) is 8.55. The second-order valence-electron chi connectivity index (χ2n) is 4.12. The van der Waals surface area contributed by atoms with Gasteiger partial charge in [0.2, 0.25) is 8.32 Å². The van der Waals surface area contributed by atoms with E-state index < -0.39 is 8.32 Å². The quantitative estimate of drug-likeness (QED) is 0.393. The highest BCUT2D eigenvalue weighted by molar-refractivity contribution is 6.71. The van der Waals surface area contributed by atoms with Gasteiger partial charge in [-0.3, -0.25) is 5.41 Å². The highest BCUT2D eigenvalue weighted by Gasteiger charge is 2.22. The molecule has 1 aliphatic rings. The van der Waals surface area contributed by atoms with Gasteiger partial charge in [-0.2, -0.15) is 0 Å². The summed E-state index contributed by atoms with van der Waals surface area (Å²) >= 11 is 0. The van der Waals surface area contributed by atoms with Gasteiger partial charge in [0.05, 0.1) is 13.2 Å². The highest BCUT2D eigenvalue weighted by Crippen LogP contribution is 2.07. The van der Waals surface area contributed by atoms with Crippen LogP contribution in [0.5, 0.6) is 0 Å². The lowest BCUT2D eigenvalue weighted by atomic mass is 10.5. The first-order valence-electron chi connectivity index (χ1n) is 4.59. The second kappa shape index (κ2) is 4.10. The molecule has 76 valence electrons. The number of nitrogens with one attached hydrogen (secondary N) is 1. The number of nitrogens with zero attached hydrogens (tertiary/aromatic N) is 1. The SMILES string of the molecule is C[Si](C)(C)OC(=N)N1CCOCC1. The van der Waals surface area contributed by atoms with Crippen LogP contribution in [0.3, 0.4) is 0 Å². The van der Waals surface area contributed by atoms with Crippen LogP contribution >= 0.6 is 0 Å². The number of ether oxygens (including phenoxy) is 1. The van der Waals surface area contributed by atoms with Crippen molar-refractivity contribution < 1.29 is 9.16 Å². The molecule has 0 saturated carbocycles. The molecule has 1 fully saturated rings. The normalized spacial score (nSPS) is 18.5. The van der Waals surface area contributed by atoms with Crippen LogP contribution in [0.1, 0.15) is 0 Å². The Morgan fingerprint density at radius 3 is 2.31 bits per heavy atom. The van der Waals surface area contributed by atoms with E-state index in [0.717, 1.165) is 13.1 Å². The summed E-state index contributed by atoms with van der Waals surface area (Å²) in [6.45, 7) is 9.23. The fraction of sp³-hybridized carbons (Fsp3) is 0.875. The van der Waals surface area contributed by atoms with E-state index in [1.807, 2.05) is 4.90 Å². The van der Waals surface area contributed by atoms with Crippen molar-refractivity contribution in [2.45, 2.75) is 19.6 Å². The molecular formula is C8H18N2O2Si. The molecule has 5 heteroatoms. The topological polar surface area (TPSA) is 45.5 Å². The molecule has 1 aliphatic heterocycles. The van der Waals surface area contributed by atoms with Crippen LogP contribution in [0.2, 0.25) is 19.6 Å². The van der Waals surface area contributed by atoms with Crippen LogP contribution in [-0.2, 0) is 9.16 Å². The summed E-state index contributed by atoms with van der Waals surface area (Å²) in [6, 6.07) is 0.322. The summed E-state index contributed by atoms with van der Waals surface area (Å²) in [5, 5.41) is 7.72. The number of amidine groups is 1. The van der Waals surface area contributed by atoms with Crippen LogP contribution < -0.4 is 0 Å². The van der Waals surface area contributed by atoms with Crippen molar-refractivity contribution in [2.75, 3.05) is 26.3 Å². The maximum atomic E-state index is 7.72. The van der Waals surface area contributed by atoms with Gasteiger partial charge in [0.15, 0.2) is 0 Å². The fourth-order valence-corrected chi connectivity index (χ4v) is 1.83. The summed E-state index contributed by atoms with van der Waals surface area (Å²) in [5.41, 5.74) is 0. The van der Waals surface area contributed by atoms with Crippen molar-refractivity contribution in [1.29, 1.82) is 5.41 Å². The Morgan fingerprint density at radius 2 is 1.85 bits per heavy atom. The molecule has 1 heterocycles. The van der Waals surface area contributed by atoms with Crippen LogP contribution in [-0.4, -0.2) is 45.5 Å². The molecular weight excluding hydrogens is 184 g/mol. The monoisotopic (exact) mass is 202 g/mol. The molecule has 0 spiro atoms. The summed E-state index contributed by atoms with van der Waals surface area (Å²) in [7, 11) is -1.61. The molecule has 4 nitrogen and oxygen atoms in total. The summed E-state index contributed by atoms with van der Waals surface area (Å²) in [5.74, 6) is 0. The van der Waals surface area contributed by atoms with Crippen LogP contribution in [0, 0.1) is 5.41 Å². The molecule has 0 aromatic rings. The molecule has 0 aromatic heterocycles. The first kappa shape index (κ1) is 10.5. The van der Waals surface area contributed by atoms with Gasteiger partial charge in [0.25, 0.3) is 6.02 Å². The largest absolute Gasteiger partial charge is 0.520 e. The Bertz CT molecular complexity index is 185. The first-order valence-corrected chi connectivity index (χ1v) is 8.00. The number of rotatable bonds is 1. The Kier molecular flexibility index (Phi) is 3.32. The molecule has 1 saturated heterocycles. The third-order valence-electron chi connectivity index (χ3n) is 1.70. The number of morpholine rings is 1. The van der Waals surface area contributed by atoms with Crippen LogP contribution in [0.15, 0.2) is 0 Å². The van der Waals surface area contributed by atoms with E-state index >= 15 is 0 Å². The smallest absolute Gasteiger partial charge is 0.270 e. The minimum absolute atomic E-state index is 0.322. The van der Waals surface area contributed by atoms with Gasteiger partial charge in [-0.25, -0.2) is 0 Å². The Morgan fingerprint density at radius 1 is 1.31 bits per heavy atom. The molecule has 0 bridgehead atoms. The molecule has 0 atom stereocenters. The van der Waals surface area contributed by atoms with Gasteiger partial charge in [0, 0.05) is 13.1 Å². The zero-order valence-corrected chi connectivity index (χ0v) is 9.59. The zero-order valence-electron chi connectivity index (χ0n) is 8.59. The van der Waals surface area contributed by atoms with E-state index in [1.54, 1.807) is 0 Å². The summed E-state index contributed by atoms with van der Waals surface area (Å²) in [6.07, 6.45) is 0. The third-order valence-corrected chi connectivity index (χ3v) is 2.51. The van der Waals surface area contributed by atoms with E-state index in [1.165, 1.54) is 0 Å². The molecule has 1 N–H and O–H groups in total. The lowest BCUT2D eigenvalue weighted by Crippen LogP contribution is -2.45. The Hall–Kier alpha value is -0.553. The van der Waals surface area contributed by atoms with Gasteiger partial charge in [0.1, 0.15) is 0 Å². The minimum atomic E-state index is -1.61. The van der Waals surface area contributed by atoms with Gasteiger partial charge in [-0.05, 0) is 19.6 Å². The van der Waals surface area contributed by atoms with Crippen molar-refractivity contribution in [3.8, 4) is 0 Å². The molecule has 0 aromatic carbocycles. The molecule has 0 radical (unpaired) electrons. The van der Waals surface area contributed by atoms with Crippen molar-refractivity contribution in [2.24, 2.45) is 0 Å². The first-order chi connectivity index (χ1) is 5.99. The summed E-state index contributed by atoms with van der Waals surface area (Å²) in [4.78, 5) is 1.93. The standard InChI is InChI=1S/C8H18N2O2Si/c1-13(2,3)12-8(9)10-4-6-11-7-5-10/h9H,4-7H2,1-3H3. The highest BCUT2D eigenvalue weighted by atomic mass is 28.4. The van der Waals surface area contributed by atoms with Crippen molar-refractivity contribution >= 4 is 14.3 Å². The average Bonchev–Trinajstić information content (AvgIpc) is 2.03. The molecule has 0 aliphatic carbocycles. The Labute approximate surface area is 80.5 Å². The molecule has 13 heavy (non-hydrogen) atoms. The maximum absolute atomic E-state index is 7.72. The summed E-state index contributed by atoms with van der Waals surface area (Å²) < 4.78 is 10.8. The van der Waals surface area contributed by atoms with E-state index in [2.05, 4.69) is 19.6 Å². The third kappa shape index (κ3) is 3.78. The molecule has 0 unspecified atom stereocenters. The van der Waals surface area contributed by atoms with E-state index in [0.29, 0.717) is 19.2 Å². The van der Waals surface area contributed by atoms with Gasteiger partial charge in [-0.15, -0.1) is 0 Å². The van der Waals surface area contributed by atoms with E-state index in [4.69, 9.17) is 14.6 Å². The molecule has 0 amide bonds. The minimum Gasteiger partial charge on any atom is -0.520 e. The maximum Gasteiger partial charge on any atom is 0.270 e. The van der Waals surface area contributed by atoms with Gasteiger partial charge in [-0.1, -0.05) is 0 Å². The lowest BCUT2D eigenvalue weighted by Gasteiger charge is -2.31. The van der Waals surface area contributed by atoms with E-state index in [9.17, 15) is 0 Å². The molecule has 1 rings (SSSR count). The predicted octanol–water partition coefficient (Wildman–Crippen LogP) is 1.10. The predicted molar refractivity (Wildman–Crippen MR) is 54.5 cm³/mol. The van der Waals surface area contributed by atoms with Crippen LogP contribution in [0.4, 0.5) is 0 Å². The lowest BCUT2D eigenvalue weighted by molar-refractivity contribution is 0.0606.